The van der Waals surface area contributed by atoms with Crippen molar-refractivity contribution in [3.8, 4) is 0 Å². The second kappa shape index (κ2) is 6.25. The molecule has 0 aromatic heterocycles. The van der Waals surface area contributed by atoms with E-state index in [0.29, 0.717) is 19.2 Å². The van der Waals surface area contributed by atoms with E-state index in [4.69, 9.17) is 11.6 Å². The van der Waals surface area contributed by atoms with Crippen molar-refractivity contribution in [1.29, 1.82) is 0 Å². The minimum atomic E-state index is 0.201. The van der Waals surface area contributed by atoms with Crippen molar-refractivity contribution in [1.82, 2.24) is 0 Å². The molecule has 1 aromatic rings. The summed E-state index contributed by atoms with van der Waals surface area (Å²) in [5.41, 5.74) is 1.90. The maximum absolute atomic E-state index is 11.9. The van der Waals surface area contributed by atoms with Gasteiger partial charge in [0.05, 0.1) is 5.02 Å². The van der Waals surface area contributed by atoms with Crippen LogP contribution in [0.5, 0.6) is 0 Å². The molecule has 1 atom stereocenters. The van der Waals surface area contributed by atoms with Crippen LogP contribution < -0.4 is 0 Å². The maximum atomic E-state index is 11.9. The third kappa shape index (κ3) is 3.59. The molecule has 1 nitrogen and oxygen atoms in total. The number of aryl methyl sites for hydroxylation is 1. The summed E-state index contributed by atoms with van der Waals surface area (Å²) in [5, 5.41) is 0.587. The van der Waals surface area contributed by atoms with E-state index in [0.717, 1.165) is 24.6 Å². The molecule has 0 saturated heterocycles. The SMILES string of the molecule is CCCCPC(=O)c1c(C)cccc1Cl. The molecule has 15 heavy (non-hydrogen) atoms. The Balaban J connectivity index is 2.73. The molecule has 0 aliphatic heterocycles. The number of carbonyl (C=O) groups excluding carboxylic acids is 1. The number of carbonyl (C=O) groups is 1. The van der Waals surface area contributed by atoms with E-state index in [9.17, 15) is 4.79 Å². The van der Waals surface area contributed by atoms with Crippen molar-refractivity contribution < 1.29 is 4.79 Å². The van der Waals surface area contributed by atoms with Gasteiger partial charge in [-0.3, -0.25) is 4.79 Å². The van der Waals surface area contributed by atoms with Gasteiger partial charge in [-0.1, -0.05) is 37.1 Å². The van der Waals surface area contributed by atoms with Crippen molar-refractivity contribution in [3.63, 3.8) is 0 Å². The minimum absolute atomic E-state index is 0.201. The van der Waals surface area contributed by atoms with Crippen LogP contribution in [0.3, 0.4) is 0 Å². The molecule has 0 amide bonds. The summed E-state index contributed by atoms with van der Waals surface area (Å²) < 4.78 is 0. The van der Waals surface area contributed by atoms with Crippen LogP contribution >= 0.6 is 20.2 Å². The Bertz CT molecular complexity index is 329. The predicted octanol–water partition coefficient (Wildman–Crippen LogP) is 4.27. The van der Waals surface area contributed by atoms with Crippen LogP contribution in [0.1, 0.15) is 35.7 Å². The summed E-state index contributed by atoms with van der Waals surface area (Å²) >= 11 is 6.02. The molecule has 0 spiro atoms. The lowest BCUT2D eigenvalue weighted by Crippen LogP contribution is -1.97. The summed E-state index contributed by atoms with van der Waals surface area (Å²) in [5.74, 6) is 0. The molecule has 0 fully saturated rings. The average molecular weight is 243 g/mol. The van der Waals surface area contributed by atoms with E-state index in [2.05, 4.69) is 6.92 Å². The quantitative estimate of drug-likeness (QED) is 0.557. The van der Waals surface area contributed by atoms with Gasteiger partial charge in [0.2, 0.25) is 0 Å². The van der Waals surface area contributed by atoms with E-state index in [-0.39, 0.29) is 5.52 Å². The zero-order valence-corrected chi connectivity index (χ0v) is 10.9. The van der Waals surface area contributed by atoms with Gasteiger partial charge in [0.1, 0.15) is 0 Å². The second-order valence-electron chi connectivity index (χ2n) is 3.54. The van der Waals surface area contributed by atoms with Crippen molar-refractivity contribution in [2.75, 3.05) is 6.16 Å². The van der Waals surface area contributed by atoms with Crippen LogP contribution in [0.2, 0.25) is 5.02 Å². The number of unbranched alkanes of at least 4 members (excludes halogenated alkanes) is 1. The summed E-state index contributed by atoms with van der Waals surface area (Å²) in [6.07, 6.45) is 3.25. The monoisotopic (exact) mass is 242 g/mol. The molecule has 0 heterocycles. The highest BCUT2D eigenvalue weighted by Crippen LogP contribution is 2.28. The van der Waals surface area contributed by atoms with Gasteiger partial charge < -0.3 is 0 Å². The number of halogens is 1. The van der Waals surface area contributed by atoms with Crippen LogP contribution in [0.25, 0.3) is 0 Å². The van der Waals surface area contributed by atoms with Gasteiger partial charge in [-0.05, 0) is 39.7 Å². The first-order chi connectivity index (χ1) is 7.16. The standard InChI is InChI=1S/C12H16ClOP/c1-3-4-8-15-12(14)11-9(2)6-5-7-10(11)13/h5-7,15H,3-4,8H2,1-2H3. The predicted molar refractivity (Wildman–Crippen MR) is 68.6 cm³/mol. The first-order valence-electron chi connectivity index (χ1n) is 5.20. The van der Waals surface area contributed by atoms with Gasteiger partial charge >= 0.3 is 0 Å². The summed E-state index contributed by atoms with van der Waals surface area (Å²) in [6, 6.07) is 5.60. The molecule has 0 N–H and O–H groups in total. The van der Waals surface area contributed by atoms with Gasteiger partial charge in [-0.2, -0.15) is 0 Å². The number of benzene rings is 1. The number of hydrogen-bond acceptors (Lipinski definition) is 1. The fraction of sp³-hybridized carbons (Fsp3) is 0.417. The molecular weight excluding hydrogens is 227 g/mol. The molecule has 0 radical (unpaired) electrons. The first kappa shape index (κ1) is 12.7. The van der Waals surface area contributed by atoms with Gasteiger partial charge in [-0.15, -0.1) is 0 Å². The zero-order chi connectivity index (χ0) is 11.3. The normalized spacial score (nSPS) is 11.1. The number of hydrogen-bond donors (Lipinski definition) is 0. The zero-order valence-electron chi connectivity index (χ0n) is 9.14. The molecule has 1 aromatic carbocycles. The van der Waals surface area contributed by atoms with Crippen molar-refractivity contribution in [3.05, 3.63) is 34.3 Å². The van der Waals surface area contributed by atoms with Gasteiger partial charge in [0.25, 0.3) is 0 Å². The fourth-order valence-corrected chi connectivity index (χ4v) is 3.04. The molecule has 1 unspecified atom stereocenters. The average Bonchev–Trinajstić information content (AvgIpc) is 2.18. The molecule has 82 valence electrons. The highest BCUT2D eigenvalue weighted by Gasteiger charge is 2.12. The lowest BCUT2D eigenvalue weighted by Gasteiger charge is -2.06. The maximum Gasteiger partial charge on any atom is 0.182 e. The second-order valence-corrected chi connectivity index (χ2v) is 5.26. The molecule has 0 saturated carbocycles. The Hall–Kier alpha value is -0.390. The molecule has 3 heteroatoms. The van der Waals surface area contributed by atoms with Crippen LogP contribution in [0.15, 0.2) is 18.2 Å². The smallest absolute Gasteiger partial charge is 0.182 e. The Kier molecular flexibility index (Phi) is 5.28. The minimum Gasteiger partial charge on any atom is -0.289 e. The lowest BCUT2D eigenvalue weighted by atomic mass is 10.1. The van der Waals surface area contributed by atoms with Crippen molar-refractivity contribution in [2.45, 2.75) is 26.7 Å². The fourth-order valence-electron chi connectivity index (χ4n) is 1.39. The topological polar surface area (TPSA) is 17.1 Å². The molecule has 0 aliphatic carbocycles. The molecule has 0 bridgehead atoms. The van der Waals surface area contributed by atoms with Gasteiger partial charge in [0.15, 0.2) is 5.52 Å². The highest BCUT2D eigenvalue weighted by atomic mass is 35.5. The van der Waals surface area contributed by atoms with Crippen LogP contribution in [0, 0.1) is 6.92 Å². The Morgan fingerprint density at radius 2 is 2.20 bits per heavy atom. The van der Waals surface area contributed by atoms with E-state index < -0.39 is 0 Å². The van der Waals surface area contributed by atoms with E-state index in [1.165, 1.54) is 0 Å². The molecule has 1 rings (SSSR count). The Morgan fingerprint density at radius 1 is 1.47 bits per heavy atom. The Morgan fingerprint density at radius 3 is 2.80 bits per heavy atom. The molecule has 0 aliphatic rings. The first-order valence-corrected chi connectivity index (χ1v) is 6.78. The van der Waals surface area contributed by atoms with Crippen LogP contribution in [0.4, 0.5) is 0 Å². The highest BCUT2D eigenvalue weighted by molar-refractivity contribution is 7.58. The van der Waals surface area contributed by atoms with Gasteiger partial charge in [0, 0.05) is 5.56 Å². The lowest BCUT2D eigenvalue weighted by molar-refractivity contribution is 0.108. The van der Waals surface area contributed by atoms with Crippen LogP contribution in [-0.4, -0.2) is 11.7 Å². The number of rotatable bonds is 5. The van der Waals surface area contributed by atoms with Crippen LogP contribution in [-0.2, 0) is 0 Å². The van der Waals surface area contributed by atoms with E-state index >= 15 is 0 Å². The summed E-state index contributed by atoms with van der Waals surface area (Å²) in [4.78, 5) is 11.9. The summed E-state index contributed by atoms with van der Waals surface area (Å²) in [6.45, 7) is 4.07. The third-order valence-corrected chi connectivity index (χ3v) is 3.75. The van der Waals surface area contributed by atoms with E-state index in [1.54, 1.807) is 6.07 Å². The van der Waals surface area contributed by atoms with E-state index in [1.807, 2.05) is 19.1 Å². The van der Waals surface area contributed by atoms with Gasteiger partial charge in [-0.25, -0.2) is 0 Å². The summed E-state index contributed by atoms with van der Waals surface area (Å²) in [7, 11) is 0.360. The Labute approximate surface area is 98.0 Å². The van der Waals surface area contributed by atoms with Crippen molar-refractivity contribution in [2.24, 2.45) is 0 Å². The molecular formula is C12H16ClOP. The largest absolute Gasteiger partial charge is 0.289 e. The third-order valence-electron chi connectivity index (χ3n) is 2.26. The van der Waals surface area contributed by atoms with Crippen molar-refractivity contribution >= 4 is 25.7 Å².